The first-order valence-electron chi connectivity index (χ1n) is 7.55. The summed E-state index contributed by atoms with van der Waals surface area (Å²) in [5.41, 5.74) is 2.80. The van der Waals surface area contributed by atoms with Crippen molar-refractivity contribution in [2.24, 2.45) is 0 Å². The van der Waals surface area contributed by atoms with Gasteiger partial charge in [-0.15, -0.1) is 0 Å². The number of methoxy groups -OCH3 is 1. The minimum absolute atomic E-state index is 0.223. The van der Waals surface area contributed by atoms with E-state index in [1.54, 1.807) is 7.11 Å². The molecule has 3 rings (SSSR count). The summed E-state index contributed by atoms with van der Waals surface area (Å²) in [5, 5.41) is 3.44. The predicted octanol–water partition coefficient (Wildman–Crippen LogP) is 2.58. The second-order valence-electron chi connectivity index (χ2n) is 6.07. The van der Waals surface area contributed by atoms with Gasteiger partial charge in [0.05, 0.1) is 13.4 Å². The van der Waals surface area contributed by atoms with Crippen molar-refractivity contribution in [2.45, 2.75) is 31.7 Å². The van der Waals surface area contributed by atoms with Crippen LogP contribution < -0.4 is 10.1 Å². The van der Waals surface area contributed by atoms with Gasteiger partial charge in [0.25, 0.3) is 0 Å². The molecule has 1 aromatic carbocycles. The van der Waals surface area contributed by atoms with Crippen LogP contribution in [0.25, 0.3) is 0 Å². The molecule has 4 heteroatoms. The Morgan fingerprint density at radius 2 is 2.14 bits per heavy atom. The highest BCUT2D eigenvalue weighted by atomic mass is 16.5. The number of rotatable bonds is 4. The summed E-state index contributed by atoms with van der Waals surface area (Å²) >= 11 is 0. The molecule has 1 aromatic heterocycles. The molecule has 1 aliphatic rings. The van der Waals surface area contributed by atoms with Gasteiger partial charge in [0.15, 0.2) is 0 Å². The summed E-state index contributed by atoms with van der Waals surface area (Å²) in [6, 6.07) is 8.25. The van der Waals surface area contributed by atoms with Gasteiger partial charge in [-0.25, -0.2) is 4.98 Å². The monoisotopic (exact) mass is 285 g/mol. The summed E-state index contributed by atoms with van der Waals surface area (Å²) in [4.78, 5) is 4.39. The predicted molar refractivity (Wildman–Crippen MR) is 83.8 cm³/mol. The van der Waals surface area contributed by atoms with Gasteiger partial charge in [0.2, 0.25) is 0 Å². The second kappa shape index (κ2) is 5.90. The van der Waals surface area contributed by atoms with Gasteiger partial charge in [0.1, 0.15) is 5.75 Å². The molecule has 0 atom stereocenters. The summed E-state index contributed by atoms with van der Waals surface area (Å²) in [7, 11) is 1.71. The molecule has 0 radical (unpaired) electrons. The van der Waals surface area contributed by atoms with Crippen LogP contribution in [0.15, 0.2) is 36.8 Å². The summed E-state index contributed by atoms with van der Waals surface area (Å²) in [5.74, 6) is 0.905. The van der Waals surface area contributed by atoms with Crippen molar-refractivity contribution in [3.63, 3.8) is 0 Å². The van der Waals surface area contributed by atoms with Crippen LogP contribution in [0.4, 0.5) is 0 Å². The Balaban J connectivity index is 1.85. The number of aromatic nitrogens is 2. The number of imidazole rings is 1. The molecule has 4 nitrogen and oxygen atoms in total. The zero-order chi connectivity index (χ0) is 14.7. The fourth-order valence-electron chi connectivity index (χ4n) is 3.15. The van der Waals surface area contributed by atoms with Crippen LogP contribution >= 0.6 is 0 Å². The van der Waals surface area contributed by atoms with Crippen LogP contribution in [0.3, 0.4) is 0 Å². The fraction of sp³-hybridized carbons (Fsp3) is 0.471. The molecule has 1 fully saturated rings. The number of hydrogen-bond acceptors (Lipinski definition) is 3. The minimum Gasteiger partial charge on any atom is -0.497 e. The molecular weight excluding hydrogens is 262 g/mol. The standard InChI is InChI=1S/C17H23N3O/c1-17(6-8-18-9-7-17)16-11-19-13-20(16)12-14-4-3-5-15(10-14)21-2/h3-5,10-11,13,18H,6-9,12H2,1-2H3. The van der Waals surface area contributed by atoms with E-state index in [-0.39, 0.29) is 5.41 Å². The van der Waals surface area contributed by atoms with Gasteiger partial charge in [-0.2, -0.15) is 0 Å². The van der Waals surface area contributed by atoms with Crippen molar-refractivity contribution in [2.75, 3.05) is 20.2 Å². The van der Waals surface area contributed by atoms with E-state index in [0.717, 1.165) is 38.2 Å². The van der Waals surface area contributed by atoms with E-state index in [2.05, 4.69) is 33.9 Å². The van der Waals surface area contributed by atoms with E-state index in [9.17, 15) is 0 Å². The third-order valence-corrected chi connectivity index (χ3v) is 4.52. The van der Waals surface area contributed by atoms with Crippen molar-refractivity contribution in [1.82, 2.24) is 14.9 Å². The smallest absolute Gasteiger partial charge is 0.119 e. The highest BCUT2D eigenvalue weighted by Crippen LogP contribution is 2.33. The lowest BCUT2D eigenvalue weighted by atomic mass is 9.78. The number of nitrogens with one attached hydrogen (secondary N) is 1. The van der Waals surface area contributed by atoms with Crippen molar-refractivity contribution in [3.05, 3.63) is 48.0 Å². The summed E-state index contributed by atoms with van der Waals surface area (Å²) < 4.78 is 7.59. The molecule has 1 saturated heterocycles. The van der Waals surface area contributed by atoms with Gasteiger partial charge >= 0.3 is 0 Å². The normalized spacial score (nSPS) is 17.6. The van der Waals surface area contributed by atoms with Gasteiger partial charge in [-0.1, -0.05) is 19.1 Å². The number of nitrogens with zero attached hydrogens (tertiary/aromatic N) is 2. The Bertz CT molecular complexity index is 600. The maximum absolute atomic E-state index is 5.31. The first kappa shape index (κ1) is 14.1. The maximum Gasteiger partial charge on any atom is 0.119 e. The molecule has 2 heterocycles. The average molecular weight is 285 g/mol. The molecule has 21 heavy (non-hydrogen) atoms. The number of hydrogen-bond donors (Lipinski definition) is 1. The van der Waals surface area contributed by atoms with Crippen LogP contribution in [-0.2, 0) is 12.0 Å². The minimum atomic E-state index is 0.223. The van der Waals surface area contributed by atoms with E-state index in [1.165, 1.54) is 11.3 Å². The molecular formula is C17H23N3O. The Labute approximate surface area is 126 Å². The summed E-state index contributed by atoms with van der Waals surface area (Å²) in [6.07, 6.45) is 6.31. The Kier molecular flexibility index (Phi) is 3.97. The second-order valence-corrected chi connectivity index (χ2v) is 6.07. The van der Waals surface area contributed by atoms with Crippen LogP contribution in [0.2, 0.25) is 0 Å². The lowest BCUT2D eigenvalue weighted by molar-refractivity contribution is 0.318. The van der Waals surface area contributed by atoms with Crippen molar-refractivity contribution < 1.29 is 4.74 Å². The van der Waals surface area contributed by atoms with E-state index < -0.39 is 0 Å². The van der Waals surface area contributed by atoms with E-state index in [1.807, 2.05) is 24.7 Å². The lowest BCUT2D eigenvalue weighted by Gasteiger charge is -2.34. The molecule has 0 amide bonds. The van der Waals surface area contributed by atoms with Crippen molar-refractivity contribution >= 4 is 0 Å². The van der Waals surface area contributed by atoms with Gasteiger partial charge in [-0.05, 0) is 43.6 Å². The SMILES string of the molecule is COc1cccc(Cn2cncc2C2(C)CCNCC2)c1. The summed E-state index contributed by atoms with van der Waals surface area (Å²) in [6.45, 7) is 5.37. The molecule has 1 N–H and O–H groups in total. The zero-order valence-electron chi connectivity index (χ0n) is 12.8. The zero-order valence-corrected chi connectivity index (χ0v) is 12.8. The third kappa shape index (κ3) is 2.95. The quantitative estimate of drug-likeness (QED) is 0.938. The highest BCUT2D eigenvalue weighted by molar-refractivity contribution is 5.29. The number of benzene rings is 1. The first-order chi connectivity index (χ1) is 10.2. The maximum atomic E-state index is 5.31. The fourth-order valence-corrected chi connectivity index (χ4v) is 3.15. The average Bonchev–Trinajstić information content (AvgIpc) is 2.97. The molecule has 1 aliphatic heterocycles. The third-order valence-electron chi connectivity index (χ3n) is 4.52. The van der Waals surface area contributed by atoms with Crippen LogP contribution in [0.5, 0.6) is 5.75 Å². The van der Waals surface area contributed by atoms with E-state index in [0.29, 0.717) is 0 Å². The van der Waals surface area contributed by atoms with E-state index >= 15 is 0 Å². The van der Waals surface area contributed by atoms with Crippen LogP contribution in [-0.4, -0.2) is 29.8 Å². The lowest BCUT2D eigenvalue weighted by Crippen LogP contribution is -2.39. The topological polar surface area (TPSA) is 39.1 Å². The van der Waals surface area contributed by atoms with Crippen LogP contribution in [0, 0.1) is 0 Å². The van der Waals surface area contributed by atoms with Gasteiger partial charge in [0, 0.05) is 23.9 Å². The molecule has 0 spiro atoms. The Hall–Kier alpha value is -1.81. The largest absolute Gasteiger partial charge is 0.497 e. The molecule has 2 aromatic rings. The first-order valence-corrected chi connectivity index (χ1v) is 7.55. The Morgan fingerprint density at radius 3 is 2.90 bits per heavy atom. The van der Waals surface area contributed by atoms with Crippen molar-refractivity contribution in [1.29, 1.82) is 0 Å². The molecule has 112 valence electrons. The number of piperidine rings is 1. The van der Waals surface area contributed by atoms with Crippen molar-refractivity contribution in [3.8, 4) is 5.75 Å². The van der Waals surface area contributed by atoms with Gasteiger partial charge in [-0.3, -0.25) is 0 Å². The molecule has 0 unspecified atom stereocenters. The molecule has 0 saturated carbocycles. The van der Waals surface area contributed by atoms with Gasteiger partial charge < -0.3 is 14.6 Å². The van der Waals surface area contributed by atoms with E-state index in [4.69, 9.17) is 4.74 Å². The number of ether oxygens (including phenoxy) is 1. The molecule has 0 aliphatic carbocycles. The van der Waals surface area contributed by atoms with Crippen LogP contribution in [0.1, 0.15) is 31.0 Å². The Morgan fingerprint density at radius 1 is 1.33 bits per heavy atom. The molecule has 0 bridgehead atoms. The highest BCUT2D eigenvalue weighted by Gasteiger charge is 2.31.